The van der Waals surface area contributed by atoms with Gasteiger partial charge in [-0.15, -0.1) is 0 Å². The van der Waals surface area contributed by atoms with Crippen molar-refractivity contribution in [3.8, 4) is 0 Å². The Hall–Kier alpha value is -1.89. The second-order valence-corrected chi connectivity index (χ2v) is 11.8. The lowest BCUT2D eigenvalue weighted by molar-refractivity contribution is -0.969. The van der Waals surface area contributed by atoms with Gasteiger partial charge in [0.15, 0.2) is 12.1 Å². The normalized spacial score (nSPS) is 15.5. The highest BCUT2D eigenvalue weighted by atomic mass is 16.4. The Bertz CT molecular complexity index is 657. The molecule has 0 aliphatic rings. The molecule has 0 heterocycles. The molecule has 0 rings (SSSR count). The fourth-order valence-corrected chi connectivity index (χ4v) is 5.89. The zero-order valence-corrected chi connectivity index (χ0v) is 26.2. The van der Waals surface area contributed by atoms with Crippen molar-refractivity contribution in [2.45, 2.75) is 174 Å². The van der Waals surface area contributed by atoms with E-state index in [4.69, 9.17) is 0 Å². The number of allylic oxidation sites excluding steroid dienone is 2. The van der Waals surface area contributed by atoms with Gasteiger partial charge in [0.05, 0.1) is 12.5 Å². The maximum absolute atomic E-state index is 11.8. The third-order valence-corrected chi connectivity index (χ3v) is 8.78. The minimum Gasteiger partial charge on any atom is -0.544 e. The first kappa shape index (κ1) is 38.1. The molecule has 234 valence electrons. The highest BCUT2D eigenvalue weighted by molar-refractivity contribution is 5.76. The van der Waals surface area contributed by atoms with Crippen molar-refractivity contribution in [1.82, 2.24) is 0 Å². The van der Waals surface area contributed by atoms with Crippen LogP contribution in [0.5, 0.6) is 0 Å². The van der Waals surface area contributed by atoms with Gasteiger partial charge in [-0.25, -0.2) is 9.59 Å². The van der Waals surface area contributed by atoms with E-state index in [0.29, 0.717) is 6.42 Å². The molecule has 0 aliphatic carbocycles. The van der Waals surface area contributed by atoms with Gasteiger partial charge in [-0.05, 0) is 59.3 Å². The van der Waals surface area contributed by atoms with Gasteiger partial charge >= 0.3 is 11.9 Å². The topological polar surface area (TPSA) is 115 Å². The van der Waals surface area contributed by atoms with Crippen LogP contribution in [0.4, 0.5) is 0 Å². The number of rotatable bonds is 28. The van der Waals surface area contributed by atoms with E-state index in [1.54, 1.807) is 0 Å². The van der Waals surface area contributed by atoms with Crippen molar-refractivity contribution in [2.75, 3.05) is 6.54 Å². The fourth-order valence-electron chi connectivity index (χ4n) is 5.89. The molecule has 3 atom stereocenters. The third-order valence-electron chi connectivity index (χ3n) is 8.78. The van der Waals surface area contributed by atoms with Crippen LogP contribution in [0.1, 0.15) is 156 Å². The van der Waals surface area contributed by atoms with E-state index in [9.17, 15) is 29.7 Å². The van der Waals surface area contributed by atoms with Gasteiger partial charge in [-0.2, -0.15) is 0 Å². The van der Waals surface area contributed by atoms with Crippen LogP contribution < -0.4 is 5.11 Å². The lowest BCUT2D eigenvalue weighted by Gasteiger charge is -2.49. The van der Waals surface area contributed by atoms with Gasteiger partial charge in [0.25, 0.3) is 0 Å². The second-order valence-electron chi connectivity index (χ2n) is 11.8. The molecule has 0 aromatic carbocycles. The zero-order valence-electron chi connectivity index (χ0n) is 26.2. The Morgan fingerprint density at radius 1 is 0.575 bits per heavy atom. The van der Waals surface area contributed by atoms with E-state index < -0.39 is 40.5 Å². The summed E-state index contributed by atoms with van der Waals surface area (Å²) >= 11 is 0. The standard InChI is InChI=1S/C33H61NO6/c1-5-6-7-8-9-10-11-12-13-14-15-16-17-18-19-20-21-22-23-24-25-26-27-34(28(2)31(35)36,29(3)32(37)38)30(4)33(39)40/h20-21,28-30H,5-19,22-27H2,1-4H3,(H2-,35,36,37,38,39,40)/b21-20+. The summed E-state index contributed by atoms with van der Waals surface area (Å²) in [5.74, 6) is -3.83. The number of hydrogen-bond acceptors (Lipinski definition) is 4. The molecule has 0 aliphatic heterocycles. The van der Waals surface area contributed by atoms with E-state index in [1.165, 1.54) is 111 Å². The molecular weight excluding hydrogens is 506 g/mol. The maximum atomic E-state index is 11.8. The molecule has 0 amide bonds. The van der Waals surface area contributed by atoms with Crippen molar-refractivity contribution in [1.29, 1.82) is 0 Å². The van der Waals surface area contributed by atoms with E-state index in [2.05, 4.69) is 19.1 Å². The van der Waals surface area contributed by atoms with Crippen LogP contribution >= 0.6 is 0 Å². The summed E-state index contributed by atoms with van der Waals surface area (Å²) in [7, 11) is 0. The third kappa shape index (κ3) is 15.8. The van der Waals surface area contributed by atoms with Crippen LogP contribution in [0.3, 0.4) is 0 Å². The minimum absolute atomic E-state index is 0.172. The summed E-state index contributed by atoms with van der Waals surface area (Å²) in [5.41, 5.74) is 0. The van der Waals surface area contributed by atoms with Crippen molar-refractivity contribution >= 4 is 17.9 Å². The van der Waals surface area contributed by atoms with Gasteiger partial charge in [0.1, 0.15) is 6.04 Å². The lowest BCUT2D eigenvalue weighted by atomic mass is 10.00. The molecule has 0 aromatic heterocycles. The summed E-state index contributed by atoms with van der Waals surface area (Å²) in [6, 6.07) is -3.58. The number of unbranched alkanes of at least 4 members (excludes halogenated alkanes) is 18. The minimum atomic E-state index is -1.43. The number of quaternary nitrogens is 1. The van der Waals surface area contributed by atoms with E-state index in [0.717, 1.165) is 32.1 Å². The molecule has 2 N–H and O–H groups in total. The first-order valence-corrected chi connectivity index (χ1v) is 16.3. The number of carbonyl (C=O) groups excluding carboxylic acids is 1. The smallest absolute Gasteiger partial charge is 0.362 e. The Kier molecular flexibility index (Phi) is 22.7. The number of aliphatic carboxylic acids is 3. The van der Waals surface area contributed by atoms with Crippen LogP contribution in [0.15, 0.2) is 12.2 Å². The van der Waals surface area contributed by atoms with Crippen LogP contribution in [0.2, 0.25) is 0 Å². The number of carboxylic acid groups (broad SMARTS) is 3. The van der Waals surface area contributed by atoms with E-state index >= 15 is 0 Å². The van der Waals surface area contributed by atoms with Gasteiger partial charge < -0.3 is 20.1 Å². The summed E-state index contributed by atoms with van der Waals surface area (Å²) < 4.78 is -0.550. The first-order valence-electron chi connectivity index (χ1n) is 16.3. The van der Waals surface area contributed by atoms with Crippen molar-refractivity contribution in [2.24, 2.45) is 0 Å². The fraction of sp³-hybridized carbons (Fsp3) is 0.848. The van der Waals surface area contributed by atoms with Crippen molar-refractivity contribution in [3.05, 3.63) is 12.2 Å². The number of nitrogens with zero attached hydrogens (tertiary/aromatic N) is 1. The van der Waals surface area contributed by atoms with Crippen LogP contribution in [0, 0.1) is 0 Å². The average Bonchev–Trinajstić information content (AvgIpc) is 2.92. The zero-order chi connectivity index (χ0) is 30.2. The maximum Gasteiger partial charge on any atom is 0.362 e. The van der Waals surface area contributed by atoms with Crippen molar-refractivity contribution < 1.29 is 34.2 Å². The molecule has 3 unspecified atom stereocenters. The number of carbonyl (C=O) groups is 3. The first-order chi connectivity index (χ1) is 19.1. The quantitative estimate of drug-likeness (QED) is 0.0584. The predicted molar refractivity (Wildman–Crippen MR) is 161 cm³/mol. The van der Waals surface area contributed by atoms with Gasteiger partial charge in [-0.1, -0.05) is 109 Å². The van der Waals surface area contributed by atoms with Gasteiger partial charge in [0, 0.05) is 0 Å². The highest BCUT2D eigenvalue weighted by Gasteiger charge is 2.50. The largest absolute Gasteiger partial charge is 0.544 e. The predicted octanol–water partition coefficient (Wildman–Crippen LogP) is 7.27. The molecule has 0 fully saturated rings. The molecule has 40 heavy (non-hydrogen) atoms. The molecule has 0 aromatic rings. The summed E-state index contributed by atoms with van der Waals surface area (Å²) in [6.45, 7) is 6.58. The summed E-state index contributed by atoms with van der Waals surface area (Å²) in [4.78, 5) is 35.3. The van der Waals surface area contributed by atoms with Gasteiger partial charge in [0.2, 0.25) is 0 Å². The van der Waals surface area contributed by atoms with E-state index in [-0.39, 0.29) is 6.54 Å². The Balaban J connectivity index is 4.03. The average molecular weight is 568 g/mol. The van der Waals surface area contributed by atoms with Crippen LogP contribution in [-0.2, 0) is 14.4 Å². The molecule has 0 radical (unpaired) electrons. The van der Waals surface area contributed by atoms with Crippen LogP contribution in [-0.4, -0.2) is 57.3 Å². The number of hydrogen-bond donors (Lipinski definition) is 2. The molecule has 0 saturated heterocycles. The monoisotopic (exact) mass is 567 g/mol. The van der Waals surface area contributed by atoms with Gasteiger partial charge in [-0.3, -0.25) is 4.48 Å². The molecule has 0 bridgehead atoms. The van der Waals surface area contributed by atoms with Crippen molar-refractivity contribution in [3.63, 3.8) is 0 Å². The lowest BCUT2D eigenvalue weighted by Crippen LogP contribution is -2.72. The molecule has 0 saturated carbocycles. The Morgan fingerprint density at radius 2 is 0.900 bits per heavy atom. The molecule has 7 heteroatoms. The molecular formula is C33H61NO6. The Labute approximate surface area is 245 Å². The molecule has 7 nitrogen and oxygen atoms in total. The second kappa shape index (κ2) is 23.8. The summed E-state index contributed by atoms with van der Waals surface area (Å²) in [6.07, 6.45) is 29.1. The Morgan fingerprint density at radius 3 is 1.23 bits per heavy atom. The SMILES string of the molecule is CCCCCCCCCCCCCCCC/C=C/CCCCCC[N+](C(C)C(=O)[O-])(C(C)C(=O)O)C(C)C(=O)O. The molecule has 0 spiro atoms. The van der Waals surface area contributed by atoms with E-state index in [1.807, 2.05) is 0 Å². The number of carboxylic acids is 3. The summed E-state index contributed by atoms with van der Waals surface area (Å²) in [5, 5.41) is 31.0. The van der Waals surface area contributed by atoms with Crippen LogP contribution in [0.25, 0.3) is 0 Å². The highest BCUT2D eigenvalue weighted by Crippen LogP contribution is 2.27.